The molecule has 2 atom stereocenters. The van der Waals surface area contributed by atoms with E-state index in [0.29, 0.717) is 0 Å². The van der Waals surface area contributed by atoms with Gasteiger partial charge in [0.1, 0.15) is 5.82 Å². The molecule has 1 aromatic carbocycles. The second-order valence-corrected chi connectivity index (χ2v) is 5.56. The van der Waals surface area contributed by atoms with Gasteiger partial charge in [-0.3, -0.25) is 14.4 Å². The largest absolute Gasteiger partial charge is 0.481 e. The lowest BCUT2D eigenvalue weighted by Gasteiger charge is -2.18. The number of hydrogen-bond acceptors (Lipinski definition) is 3. The molecule has 0 aliphatic heterocycles. The molecule has 1 saturated carbocycles. The van der Waals surface area contributed by atoms with Crippen molar-refractivity contribution < 1.29 is 29.0 Å². The predicted octanol–water partition coefficient (Wildman–Crippen LogP) is 1.47. The van der Waals surface area contributed by atoms with E-state index in [1.807, 2.05) is 0 Å². The Labute approximate surface area is 130 Å². The maximum absolute atomic E-state index is 13.7. The van der Waals surface area contributed by atoms with E-state index in [0.717, 1.165) is 4.90 Å². The topological polar surface area (TPSA) is 94.9 Å². The Hall–Kier alpha value is -2.15. The van der Waals surface area contributed by atoms with Crippen molar-refractivity contribution in [3.8, 4) is 0 Å². The summed E-state index contributed by atoms with van der Waals surface area (Å²) in [4.78, 5) is 35.2. The zero-order valence-electron chi connectivity index (χ0n) is 11.5. The van der Waals surface area contributed by atoms with E-state index in [1.54, 1.807) is 0 Å². The molecule has 2 rings (SSSR count). The zero-order chi connectivity index (χ0) is 16.6. The first-order valence-corrected chi connectivity index (χ1v) is 6.77. The minimum absolute atomic E-state index is 0.0967. The van der Waals surface area contributed by atoms with E-state index >= 15 is 0 Å². The number of amides is 1. The van der Waals surface area contributed by atoms with E-state index in [4.69, 9.17) is 21.8 Å². The van der Waals surface area contributed by atoms with Crippen LogP contribution in [0, 0.1) is 23.6 Å². The van der Waals surface area contributed by atoms with Gasteiger partial charge in [0.05, 0.1) is 17.8 Å². The molecule has 22 heavy (non-hydrogen) atoms. The van der Waals surface area contributed by atoms with Crippen LogP contribution in [0.25, 0.3) is 0 Å². The second-order valence-electron chi connectivity index (χ2n) is 5.15. The lowest BCUT2D eigenvalue weighted by Crippen LogP contribution is -2.30. The smallest absolute Gasteiger partial charge is 0.308 e. The predicted molar refractivity (Wildman–Crippen MR) is 73.6 cm³/mol. The Morgan fingerprint density at radius 1 is 1.18 bits per heavy atom. The Balaban J connectivity index is 2.13. The van der Waals surface area contributed by atoms with Crippen LogP contribution in [-0.2, 0) is 20.9 Å². The van der Waals surface area contributed by atoms with Gasteiger partial charge < -0.3 is 15.1 Å². The fraction of sp³-hybridized carbons (Fsp3) is 0.357. The van der Waals surface area contributed by atoms with Gasteiger partial charge in [-0.25, -0.2) is 4.39 Å². The summed E-state index contributed by atoms with van der Waals surface area (Å²) in [5.74, 6) is -7.53. The SMILES string of the molecule is CN(Cc1c(F)cccc1Cl)C(=O)C1C(C(=O)O)C1C(=O)O. The summed E-state index contributed by atoms with van der Waals surface area (Å²) in [7, 11) is 1.35. The second kappa shape index (κ2) is 5.92. The summed E-state index contributed by atoms with van der Waals surface area (Å²) in [6, 6.07) is 4.08. The van der Waals surface area contributed by atoms with Crippen molar-refractivity contribution >= 4 is 29.4 Å². The third-order valence-corrected chi connectivity index (χ3v) is 4.06. The fourth-order valence-electron chi connectivity index (χ4n) is 2.49. The van der Waals surface area contributed by atoms with Crippen LogP contribution in [0.15, 0.2) is 18.2 Å². The number of carbonyl (C=O) groups is 3. The third-order valence-electron chi connectivity index (χ3n) is 3.71. The van der Waals surface area contributed by atoms with Gasteiger partial charge in [-0.1, -0.05) is 17.7 Å². The number of benzene rings is 1. The van der Waals surface area contributed by atoms with Gasteiger partial charge in [0.25, 0.3) is 0 Å². The van der Waals surface area contributed by atoms with Gasteiger partial charge in [0.2, 0.25) is 5.91 Å². The molecule has 0 bridgehead atoms. The molecule has 0 saturated heterocycles. The highest BCUT2D eigenvalue weighted by atomic mass is 35.5. The average molecular weight is 330 g/mol. The van der Waals surface area contributed by atoms with Gasteiger partial charge in [-0.15, -0.1) is 0 Å². The minimum Gasteiger partial charge on any atom is -0.481 e. The average Bonchev–Trinajstić information content (AvgIpc) is 3.17. The monoisotopic (exact) mass is 329 g/mol. The van der Waals surface area contributed by atoms with Gasteiger partial charge >= 0.3 is 11.9 Å². The summed E-state index contributed by atoms with van der Waals surface area (Å²) in [6.07, 6.45) is 0. The lowest BCUT2D eigenvalue weighted by atomic mass is 10.2. The zero-order valence-corrected chi connectivity index (χ0v) is 12.2. The van der Waals surface area contributed by atoms with E-state index in [1.165, 1.54) is 25.2 Å². The van der Waals surface area contributed by atoms with E-state index < -0.39 is 41.4 Å². The summed E-state index contributed by atoms with van der Waals surface area (Å²) >= 11 is 5.87. The maximum atomic E-state index is 13.7. The molecule has 1 fully saturated rings. The number of hydrogen-bond donors (Lipinski definition) is 2. The van der Waals surface area contributed by atoms with Crippen molar-refractivity contribution in [2.75, 3.05) is 7.05 Å². The molecule has 0 heterocycles. The molecular weight excluding hydrogens is 317 g/mol. The van der Waals surface area contributed by atoms with Crippen LogP contribution >= 0.6 is 11.6 Å². The Morgan fingerprint density at radius 3 is 2.18 bits per heavy atom. The first-order chi connectivity index (χ1) is 10.3. The molecule has 1 amide bonds. The van der Waals surface area contributed by atoms with Crippen LogP contribution in [0.1, 0.15) is 5.56 Å². The maximum Gasteiger partial charge on any atom is 0.308 e. The van der Waals surface area contributed by atoms with Gasteiger partial charge in [0, 0.05) is 24.2 Å². The standard InChI is InChI=1S/C14H13ClFNO5/c1-17(5-6-7(15)3-2-4-8(6)16)12(18)9-10(13(19)20)11(9)14(21)22/h2-4,9-11H,5H2,1H3,(H,19,20)(H,21,22). The van der Waals surface area contributed by atoms with Gasteiger partial charge in [-0.2, -0.15) is 0 Å². The lowest BCUT2D eigenvalue weighted by molar-refractivity contribution is -0.144. The first kappa shape index (κ1) is 16.2. The molecule has 0 radical (unpaired) electrons. The first-order valence-electron chi connectivity index (χ1n) is 6.39. The van der Waals surface area contributed by atoms with Crippen LogP contribution in [0.2, 0.25) is 5.02 Å². The normalized spacial score (nSPS) is 23.0. The van der Waals surface area contributed by atoms with Crippen LogP contribution in [0.4, 0.5) is 4.39 Å². The van der Waals surface area contributed by atoms with Crippen molar-refractivity contribution in [3.63, 3.8) is 0 Å². The van der Waals surface area contributed by atoms with Crippen LogP contribution < -0.4 is 0 Å². The van der Waals surface area contributed by atoms with Crippen molar-refractivity contribution in [2.24, 2.45) is 17.8 Å². The van der Waals surface area contributed by atoms with Crippen molar-refractivity contribution in [1.82, 2.24) is 4.90 Å². The molecule has 0 spiro atoms. The number of carboxylic acids is 2. The minimum atomic E-state index is -1.33. The molecule has 0 aromatic heterocycles. The molecule has 2 N–H and O–H groups in total. The van der Waals surface area contributed by atoms with Crippen LogP contribution in [0.3, 0.4) is 0 Å². The van der Waals surface area contributed by atoms with Crippen molar-refractivity contribution in [3.05, 3.63) is 34.6 Å². The Kier molecular flexibility index (Phi) is 4.37. The van der Waals surface area contributed by atoms with E-state index in [2.05, 4.69) is 0 Å². The van der Waals surface area contributed by atoms with Crippen molar-refractivity contribution in [2.45, 2.75) is 6.54 Å². The Bertz CT molecular complexity index is 610. The fourth-order valence-corrected chi connectivity index (χ4v) is 2.71. The molecule has 6 nitrogen and oxygen atoms in total. The third kappa shape index (κ3) is 2.89. The van der Waals surface area contributed by atoms with Gasteiger partial charge in [-0.05, 0) is 12.1 Å². The number of halogens is 2. The summed E-state index contributed by atoms with van der Waals surface area (Å²) in [5, 5.41) is 18.0. The highest BCUT2D eigenvalue weighted by Gasteiger charge is 2.64. The van der Waals surface area contributed by atoms with E-state index in [-0.39, 0.29) is 17.1 Å². The molecular formula is C14H13ClFNO5. The van der Waals surface area contributed by atoms with Crippen LogP contribution in [-0.4, -0.2) is 40.0 Å². The summed E-state index contributed by atoms with van der Waals surface area (Å²) in [6.45, 7) is -0.167. The highest BCUT2D eigenvalue weighted by molar-refractivity contribution is 6.31. The molecule has 8 heteroatoms. The summed E-state index contributed by atoms with van der Waals surface area (Å²) < 4.78 is 13.7. The van der Waals surface area contributed by atoms with Crippen LogP contribution in [0.5, 0.6) is 0 Å². The molecule has 1 aliphatic carbocycles. The number of carboxylic acid groups (broad SMARTS) is 2. The number of rotatable bonds is 5. The van der Waals surface area contributed by atoms with Gasteiger partial charge in [0.15, 0.2) is 0 Å². The molecule has 1 aliphatic rings. The molecule has 2 unspecified atom stereocenters. The Morgan fingerprint density at radius 2 is 1.73 bits per heavy atom. The molecule has 118 valence electrons. The number of carbonyl (C=O) groups excluding carboxylic acids is 1. The number of nitrogens with zero attached hydrogens (tertiary/aromatic N) is 1. The quantitative estimate of drug-likeness (QED) is 0.853. The van der Waals surface area contributed by atoms with E-state index in [9.17, 15) is 18.8 Å². The van der Waals surface area contributed by atoms with Crippen molar-refractivity contribution in [1.29, 1.82) is 0 Å². The molecule has 1 aromatic rings. The number of aliphatic carboxylic acids is 2. The summed E-state index contributed by atoms with van der Waals surface area (Å²) in [5.41, 5.74) is 0.0967. The highest BCUT2D eigenvalue weighted by Crippen LogP contribution is 2.48.